The van der Waals surface area contributed by atoms with Gasteiger partial charge < -0.3 is 65.3 Å². The highest BCUT2D eigenvalue weighted by atomic mass is 32.2. The predicted octanol–water partition coefficient (Wildman–Crippen LogP) is -4.43. The molecule has 0 aromatic carbocycles. The van der Waals surface area contributed by atoms with Crippen LogP contribution < -0.4 is 60.2 Å². The van der Waals surface area contributed by atoms with Crippen molar-refractivity contribution in [3.05, 3.63) is 0 Å². The van der Waals surface area contributed by atoms with Gasteiger partial charge in [0.05, 0.1) is 0 Å². The van der Waals surface area contributed by atoms with Gasteiger partial charge in [0.2, 0.25) is 53.2 Å². The molecule has 9 amide bonds. The number of carboxylic acid groups (broad SMARTS) is 1. The van der Waals surface area contributed by atoms with E-state index in [1.165, 1.54) is 23.5 Å². The summed E-state index contributed by atoms with van der Waals surface area (Å²) in [7, 11) is 0. The van der Waals surface area contributed by atoms with Gasteiger partial charge in [-0.05, 0) is 69.0 Å². The van der Waals surface area contributed by atoms with Gasteiger partial charge in [-0.1, -0.05) is 0 Å². The van der Waals surface area contributed by atoms with Crippen LogP contribution in [0, 0.1) is 5.41 Å². The summed E-state index contributed by atoms with van der Waals surface area (Å²) in [6, 6.07) is -8.03. The van der Waals surface area contributed by atoms with Crippen LogP contribution in [0.1, 0.15) is 71.1 Å². The molecule has 58 heavy (non-hydrogen) atoms. The molecule has 23 nitrogen and oxygen atoms in total. The Bertz CT molecular complexity index is 1470. The summed E-state index contributed by atoms with van der Waals surface area (Å²) < 4.78 is 0. The molecule has 0 unspecified atom stereocenters. The summed E-state index contributed by atoms with van der Waals surface area (Å²) in [6.07, 6.45) is 1.71. The topological polar surface area (TPSA) is 403 Å². The third-order valence-electron chi connectivity index (χ3n) is 8.10. The zero-order valence-corrected chi connectivity index (χ0v) is 34.4. The van der Waals surface area contributed by atoms with E-state index in [2.05, 4.69) is 37.2 Å². The van der Waals surface area contributed by atoms with Gasteiger partial charge in [0, 0.05) is 32.7 Å². The van der Waals surface area contributed by atoms with Crippen LogP contribution in [0.4, 0.5) is 0 Å². The van der Waals surface area contributed by atoms with Crippen LogP contribution in [0.3, 0.4) is 0 Å². The molecule has 0 fully saturated rings. The number of nitrogens with two attached hydrogens (primary N) is 4. The van der Waals surface area contributed by atoms with E-state index < -0.39 is 108 Å². The van der Waals surface area contributed by atoms with E-state index in [-0.39, 0.29) is 63.9 Å². The van der Waals surface area contributed by atoms with Gasteiger partial charge in [-0.15, -0.1) is 0 Å². The first-order valence-corrected chi connectivity index (χ1v) is 20.9. The fourth-order valence-electron chi connectivity index (χ4n) is 5.08. The van der Waals surface area contributed by atoms with Crippen LogP contribution in [0.25, 0.3) is 0 Å². The first kappa shape index (κ1) is 52.7. The standard InChI is InChI=1S/C33H58N12O11S2/c1-17(46)40-20(7-10-25(35)48)29(53)43-21(8-11-26(49)50)30(54)45-23(13-16-58-3)32(56)42-19(5-4-14-39-33(37)38)28(52)44-22(12-15-57-2)31(55)41-18(27(36)51)6-9-24(34)47/h18-23H,4-16H2,1-3H3,(H2,34,47)(H2,35,48)(H2,36,51)(H,40,46)(H,41,55)(H,42,56)(H,43,53)(H,44,52)(H,45,54)(H,49,50)(H4,37,38,39)/t18-,19-,20-,21-,22-,23-/m0/s1. The van der Waals surface area contributed by atoms with Crippen molar-refractivity contribution in [2.45, 2.75) is 107 Å². The van der Waals surface area contributed by atoms with Crippen molar-refractivity contribution in [2.75, 3.05) is 30.6 Å². The average Bonchev–Trinajstić information content (AvgIpc) is 3.13. The number of thioether (sulfide) groups is 2. The SMILES string of the molecule is CSCC[C@H](NC(=O)[C@H](CCCNC(=N)N)NC(=O)[C@H](CCSC)NC(=O)[C@H](CCC(=O)O)NC(=O)[C@H](CCC(N)=O)NC(C)=O)C(=O)N[C@@H](CCC(N)=O)C(N)=O. The lowest BCUT2D eigenvalue weighted by Crippen LogP contribution is -2.59. The van der Waals surface area contributed by atoms with Crippen molar-refractivity contribution in [2.24, 2.45) is 22.9 Å². The van der Waals surface area contributed by atoms with Crippen molar-refractivity contribution >= 4 is 88.6 Å². The maximum atomic E-state index is 13.8. The molecule has 25 heteroatoms. The second kappa shape index (κ2) is 29.0. The highest BCUT2D eigenvalue weighted by Gasteiger charge is 2.33. The van der Waals surface area contributed by atoms with Crippen LogP contribution in [0.15, 0.2) is 0 Å². The molecular formula is C33H58N12O11S2. The number of guanidine groups is 1. The average molecular weight is 863 g/mol. The number of hydrogen-bond acceptors (Lipinski definition) is 13. The van der Waals surface area contributed by atoms with Crippen LogP contribution in [0.5, 0.6) is 0 Å². The largest absolute Gasteiger partial charge is 0.481 e. The van der Waals surface area contributed by atoms with E-state index >= 15 is 0 Å². The molecule has 0 bridgehead atoms. The summed E-state index contributed by atoms with van der Waals surface area (Å²) in [5.41, 5.74) is 21.1. The minimum atomic E-state index is -1.53. The molecule has 0 spiro atoms. The van der Waals surface area contributed by atoms with Crippen molar-refractivity contribution in [1.29, 1.82) is 5.41 Å². The summed E-state index contributed by atoms with van der Waals surface area (Å²) in [6.45, 7) is 1.23. The molecule has 0 aliphatic carbocycles. The molecule has 328 valence electrons. The molecular weight excluding hydrogens is 805 g/mol. The molecule has 0 saturated carbocycles. The molecule has 0 rings (SSSR count). The number of carbonyl (C=O) groups excluding carboxylic acids is 9. The van der Waals surface area contributed by atoms with Gasteiger partial charge >= 0.3 is 5.97 Å². The molecule has 0 heterocycles. The number of nitrogens with one attached hydrogen (secondary N) is 8. The maximum Gasteiger partial charge on any atom is 0.303 e. The lowest BCUT2D eigenvalue weighted by Gasteiger charge is -2.27. The first-order chi connectivity index (χ1) is 27.2. The van der Waals surface area contributed by atoms with Crippen LogP contribution in [0.2, 0.25) is 0 Å². The second-order valence-corrected chi connectivity index (χ2v) is 14.9. The van der Waals surface area contributed by atoms with Crippen molar-refractivity contribution < 1.29 is 53.1 Å². The second-order valence-electron chi connectivity index (χ2n) is 12.9. The molecule has 0 aromatic rings. The van der Waals surface area contributed by atoms with Gasteiger partial charge in [-0.3, -0.25) is 53.4 Å². The molecule has 0 aromatic heterocycles. The molecule has 0 aliphatic rings. The zero-order valence-electron chi connectivity index (χ0n) is 32.8. The van der Waals surface area contributed by atoms with Crippen molar-refractivity contribution in [1.82, 2.24) is 37.2 Å². The summed E-state index contributed by atoms with van der Waals surface area (Å²) in [5, 5.41) is 34.1. The number of hydrogen-bond donors (Lipinski definition) is 13. The van der Waals surface area contributed by atoms with Gasteiger partial charge in [0.1, 0.15) is 36.3 Å². The number of rotatable bonds is 31. The third-order valence-corrected chi connectivity index (χ3v) is 9.39. The van der Waals surface area contributed by atoms with E-state index in [0.29, 0.717) is 11.5 Å². The number of primary amides is 3. The van der Waals surface area contributed by atoms with Crippen molar-refractivity contribution in [3.63, 3.8) is 0 Å². The normalized spacial score (nSPS) is 13.8. The monoisotopic (exact) mass is 862 g/mol. The Balaban J connectivity index is 6.46. The minimum Gasteiger partial charge on any atom is -0.481 e. The number of carboxylic acids is 1. The summed E-state index contributed by atoms with van der Waals surface area (Å²) in [4.78, 5) is 126. The fraction of sp³-hybridized carbons (Fsp3) is 0.667. The van der Waals surface area contributed by atoms with Crippen LogP contribution >= 0.6 is 23.5 Å². The molecule has 0 aliphatic heterocycles. The Morgan fingerprint density at radius 2 is 0.879 bits per heavy atom. The fourth-order valence-corrected chi connectivity index (χ4v) is 6.02. The third kappa shape index (κ3) is 23.7. The Kier molecular flexibility index (Phi) is 26.3. The van der Waals surface area contributed by atoms with Gasteiger partial charge in [-0.25, -0.2) is 0 Å². The zero-order chi connectivity index (χ0) is 44.4. The molecule has 0 radical (unpaired) electrons. The van der Waals surface area contributed by atoms with Gasteiger partial charge in [0.15, 0.2) is 5.96 Å². The van der Waals surface area contributed by atoms with Crippen molar-refractivity contribution in [3.8, 4) is 0 Å². The Morgan fingerprint density at radius 3 is 1.22 bits per heavy atom. The highest BCUT2D eigenvalue weighted by Crippen LogP contribution is 2.09. The smallest absolute Gasteiger partial charge is 0.303 e. The summed E-state index contributed by atoms with van der Waals surface area (Å²) in [5.74, 6) is -8.39. The number of aliphatic carboxylic acids is 1. The molecule has 6 atom stereocenters. The lowest BCUT2D eigenvalue weighted by atomic mass is 10.1. The molecule has 0 saturated heterocycles. The van der Waals surface area contributed by atoms with Crippen LogP contribution in [-0.4, -0.2) is 137 Å². The van der Waals surface area contributed by atoms with Crippen LogP contribution in [-0.2, 0) is 47.9 Å². The van der Waals surface area contributed by atoms with Gasteiger partial charge in [-0.2, -0.15) is 23.5 Å². The highest BCUT2D eigenvalue weighted by molar-refractivity contribution is 7.98. The quantitative estimate of drug-likeness (QED) is 0.0178. The van der Waals surface area contributed by atoms with E-state index in [1.54, 1.807) is 12.5 Å². The van der Waals surface area contributed by atoms with E-state index in [9.17, 15) is 53.1 Å². The van der Waals surface area contributed by atoms with E-state index in [0.717, 1.165) is 6.92 Å². The summed E-state index contributed by atoms with van der Waals surface area (Å²) >= 11 is 2.68. The minimum absolute atomic E-state index is 0.00423. The number of amides is 9. The maximum absolute atomic E-state index is 13.8. The van der Waals surface area contributed by atoms with Gasteiger partial charge in [0.25, 0.3) is 0 Å². The Hall–Kier alpha value is -5.33. The van der Waals surface area contributed by atoms with E-state index in [4.69, 9.17) is 28.3 Å². The molecule has 17 N–H and O–H groups in total. The van der Waals surface area contributed by atoms with E-state index in [1.807, 2.05) is 0 Å². The first-order valence-electron chi connectivity index (χ1n) is 18.1. The Morgan fingerprint density at radius 1 is 0.534 bits per heavy atom. The predicted molar refractivity (Wildman–Crippen MR) is 215 cm³/mol. The number of carbonyl (C=O) groups is 10. The lowest BCUT2D eigenvalue weighted by molar-refractivity contribution is -0.138. The Labute approximate surface area is 344 Å².